The summed E-state index contributed by atoms with van der Waals surface area (Å²) in [4.78, 5) is 11.9. The van der Waals surface area contributed by atoms with Gasteiger partial charge in [-0.3, -0.25) is 4.79 Å². The average Bonchev–Trinajstić information content (AvgIpc) is 2.37. The van der Waals surface area contributed by atoms with Crippen molar-refractivity contribution in [2.45, 2.75) is 32.1 Å². The summed E-state index contributed by atoms with van der Waals surface area (Å²) in [5.74, 6) is 0.173. The van der Waals surface area contributed by atoms with Crippen molar-refractivity contribution >= 4 is 15.9 Å². The minimum Gasteiger partial charge on any atom is -0.355 e. The van der Waals surface area contributed by atoms with Crippen LogP contribution in [0, 0.1) is 5.92 Å². The van der Waals surface area contributed by atoms with Crippen molar-refractivity contribution in [3.05, 3.63) is 12.7 Å². The maximum absolute atomic E-state index is 11.9. The lowest BCUT2D eigenvalue weighted by atomic mass is 9.89. The molecule has 1 rings (SSSR count). The van der Waals surface area contributed by atoms with Crippen molar-refractivity contribution in [1.82, 2.24) is 9.62 Å². The van der Waals surface area contributed by atoms with E-state index in [1.54, 1.807) is 6.08 Å². The van der Waals surface area contributed by atoms with Crippen molar-refractivity contribution in [3.8, 4) is 0 Å². The summed E-state index contributed by atoms with van der Waals surface area (Å²) >= 11 is 0. The molecule has 0 spiro atoms. The molecule has 0 atom stereocenters. The minimum absolute atomic E-state index is 0.0618. The molecule has 1 amide bonds. The van der Waals surface area contributed by atoms with Gasteiger partial charge in [0.05, 0.1) is 6.26 Å². The Morgan fingerprint density at radius 2 is 2.00 bits per heavy atom. The third-order valence-corrected chi connectivity index (χ3v) is 4.71. The molecule has 1 aliphatic carbocycles. The van der Waals surface area contributed by atoms with Gasteiger partial charge in [-0.05, 0) is 12.8 Å². The highest BCUT2D eigenvalue weighted by atomic mass is 32.2. The Morgan fingerprint density at radius 3 is 2.53 bits per heavy atom. The van der Waals surface area contributed by atoms with Gasteiger partial charge in [0.1, 0.15) is 0 Å². The monoisotopic (exact) mass is 288 g/mol. The molecule has 0 aliphatic heterocycles. The van der Waals surface area contributed by atoms with Gasteiger partial charge in [-0.1, -0.05) is 25.3 Å². The largest absolute Gasteiger partial charge is 0.355 e. The zero-order valence-corrected chi connectivity index (χ0v) is 12.4. The van der Waals surface area contributed by atoms with Crippen molar-refractivity contribution < 1.29 is 13.2 Å². The first-order valence-electron chi connectivity index (χ1n) is 6.79. The van der Waals surface area contributed by atoms with Crippen LogP contribution in [0.2, 0.25) is 0 Å². The quantitative estimate of drug-likeness (QED) is 0.714. The van der Waals surface area contributed by atoms with Gasteiger partial charge in [-0.25, -0.2) is 8.42 Å². The fourth-order valence-corrected chi connectivity index (χ4v) is 3.15. The molecule has 6 heteroatoms. The lowest BCUT2D eigenvalue weighted by molar-refractivity contribution is -0.125. The number of rotatable bonds is 7. The van der Waals surface area contributed by atoms with Crippen molar-refractivity contribution in [3.63, 3.8) is 0 Å². The Labute approximate surface area is 116 Å². The molecule has 0 heterocycles. The summed E-state index contributed by atoms with van der Waals surface area (Å²) in [5, 5.41) is 2.83. The second-order valence-corrected chi connectivity index (χ2v) is 7.02. The highest BCUT2D eigenvalue weighted by Gasteiger charge is 2.21. The summed E-state index contributed by atoms with van der Waals surface area (Å²) in [6, 6.07) is 0. The standard InChI is InChI=1S/C13H24N2O3S/c1-3-10-15(19(2,17)18)11-9-14-13(16)12-7-5-4-6-8-12/h3,12H,1,4-11H2,2H3,(H,14,16). The van der Waals surface area contributed by atoms with Crippen LogP contribution in [-0.4, -0.2) is 44.5 Å². The normalized spacial score (nSPS) is 17.4. The van der Waals surface area contributed by atoms with Gasteiger partial charge in [-0.2, -0.15) is 4.31 Å². The average molecular weight is 288 g/mol. The van der Waals surface area contributed by atoms with Gasteiger partial charge < -0.3 is 5.32 Å². The van der Waals surface area contributed by atoms with Crippen molar-refractivity contribution in [1.29, 1.82) is 0 Å². The van der Waals surface area contributed by atoms with Crippen LogP contribution in [0.3, 0.4) is 0 Å². The highest BCUT2D eigenvalue weighted by molar-refractivity contribution is 7.88. The molecule has 110 valence electrons. The van der Waals surface area contributed by atoms with E-state index < -0.39 is 10.0 Å². The predicted molar refractivity (Wildman–Crippen MR) is 76.2 cm³/mol. The van der Waals surface area contributed by atoms with Gasteiger partial charge in [0.15, 0.2) is 0 Å². The molecule has 1 aliphatic rings. The third kappa shape index (κ3) is 5.74. The number of hydrogen-bond acceptors (Lipinski definition) is 3. The lowest BCUT2D eigenvalue weighted by Crippen LogP contribution is -2.40. The number of carbonyl (C=O) groups is 1. The number of sulfonamides is 1. The van der Waals surface area contributed by atoms with Crippen LogP contribution in [0.15, 0.2) is 12.7 Å². The maximum Gasteiger partial charge on any atom is 0.223 e. The van der Waals surface area contributed by atoms with Gasteiger partial charge >= 0.3 is 0 Å². The van der Waals surface area contributed by atoms with Gasteiger partial charge in [-0.15, -0.1) is 6.58 Å². The predicted octanol–water partition coefficient (Wildman–Crippen LogP) is 1.13. The second kappa shape index (κ2) is 7.65. The van der Waals surface area contributed by atoms with Crippen molar-refractivity contribution in [2.75, 3.05) is 25.9 Å². The van der Waals surface area contributed by atoms with E-state index in [-0.39, 0.29) is 18.4 Å². The Balaban J connectivity index is 2.35. The summed E-state index contributed by atoms with van der Waals surface area (Å²) in [7, 11) is -3.24. The molecule has 0 radical (unpaired) electrons. The molecule has 19 heavy (non-hydrogen) atoms. The summed E-state index contributed by atoms with van der Waals surface area (Å²) in [6.45, 7) is 4.47. The van der Waals surface area contributed by atoms with Crippen molar-refractivity contribution in [2.24, 2.45) is 5.92 Å². The van der Waals surface area contributed by atoms with E-state index in [1.165, 1.54) is 17.0 Å². The van der Waals surface area contributed by atoms with Crippen LogP contribution < -0.4 is 5.32 Å². The molecule has 0 unspecified atom stereocenters. The molecule has 1 N–H and O–H groups in total. The maximum atomic E-state index is 11.9. The number of nitrogens with one attached hydrogen (secondary N) is 1. The molecule has 5 nitrogen and oxygen atoms in total. The smallest absolute Gasteiger partial charge is 0.223 e. The van der Waals surface area contributed by atoms with Crippen LogP contribution in [0.4, 0.5) is 0 Å². The van der Waals surface area contributed by atoms with E-state index >= 15 is 0 Å². The van der Waals surface area contributed by atoms with Crippen LogP contribution in [0.1, 0.15) is 32.1 Å². The van der Waals surface area contributed by atoms with E-state index in [0.29, 0.717) is 13.1 Å². The number of hydrogen-bond donors (Lipinski definition) is 1. The Morgan fingerprint density at radius 1 is 1.37 bits per heavy atom. The van der Waals surface area contributed by atoms with E-state index in [2.05, 4.69) is 11.9 Å². The number of carbonyl (C=O) groups excluding carboxylic acids is 1. The molecule has 0 bridgehead atoms. The highest BCUT2D eigenvalue weighted by Crippen LogP contribution is 2.23. The number of nitrogens with zero attached hydrogens (tertiary/aromatic N) is 1. The second-order valence-electron chi connectivity index (χ2n) is 5.04. The van der Waals surface area contributed by atoms with Gasteiger partial charge in [0, 0.05) is 25.6 Å². The Bertz CT molecular complexity index is 400. The fraction of sp³-hybridized carbons (Fsp3) is 0.769. The zero-order valence-electron chi connectivity index (χ0n) is 11.6. The zero-order chi connectivity index (χ0) is 14.3. The van der Waals surface area contributed by atoms with Crippen LogP contribution >= 0.6 is 0 Å². The van der Waals surface area contributed by atoms with E-state index in [9.17, 15) is 13.2 Å². The van der Waals surface area contributed by atoms with E-state index in [4.69, 9.17) is 0 Å². The van der Waals surface area contributed by atoms with E-state index in [0.717, 1.165) is 25.7 Å². The topological polar surface area (TPSA) is 66.5 Å². The van der Waals surface area contributed by atoms with E-state index in [1.807, 2.05) is 0 Å². The summed E-state index contributed by atoms with van der Waals surface area (Å²) in [5.41, 5.74) is 0. The first kappa shape index (κ1) is 16.2. The number of amides is 1. The molecule has 0 saturated heterocycles. The Kier molecular flexibility index (Phi) is 6.51. The molecule has 1 fully saturated rings. The molecular formula is C13H24N2O3S. The summed E-state index contributed by atoms with van der Waals surface area (Å²) in [6.07, 6.45) is 8.06. The molecule has 1 saturated carbocycles. The SMILES string of the molecule is C=CCN(CCNC(=O)C1CCCCC1)S(C)(=O)=O. The summed E-state index contributed by atoms with van der Waals surface area (Å²) < 4.78 is 24.2. The van der Waals surface area contributed by atoms with Gasteiger partial charge in [0.25, 0.3) is 0 Å². The Hall–Kier alpha value is -0.880. The lowest BCUT2D eigenvalue weighted by Gasteiger charge is -2.22. The third-order valence-electron chi connectivity index (χ3n) is 3.44. The fourth-order valence-electron chi connectivity index (χ4n) is 2.35. The minimum atomic E-state index is -3.24. The molecule has 0 aromatic heterocycles. The molecule has 0 aromatic rings. The van der Waals surface area contributed by atoms with Crippen LogP contribution in [0.5, 0.6) is 0 Å². The molecular weight excluding hydrogens is 264 g/mol. The molecule has 0 aromatic carbocycles. The van der Waals surface area contributed by atoms with Gasteiger partial charge in [0.2, 0.25) is 15.9 Å². The first-order valence-corrected chi connectivity index (χ1v) is 8.63. The van der Waals surface area contributed by atoms with Crippen LogP contribution in [0.25, 0.3) is 0 Å². The van der Waals surface area contributed by atoms with Crippen LogP contribution in [-0.2, 0) is 14.8 Å². The first-order chi connectivity index (χ1) is 8.95.